The van der Waals surface area contributed by atoms with Crippen molar-refractivity contribution in [3.8, 4) is 5.69 Å². The van der Waals surface area contributed by atoms with Crippen LogP contribution in [0.15, 0.2) is 53.9 Å². The Hall–Kier alpha value is -3.15. The number of fused-ring (bicyclic) bond motifs is 1. The summed E-state index contributed by atoms with van der Waals surface area (Å²) in [6, 6.07) is 10.3. The van der Waals surface area contributed by atoms with Crippen LogP contribution in [-0.4, -0.2) is 41.1 Å². The predicted octanol–water partition coefficient (Wildman–Crippen LogP) is 3.41. The average molecular weight is 360 g/mol. The van der Waals surface area contributed by atoms with Crippen LogP contribution in [-0.2, 0) is 0 Å². The zero-order valence-electron chi connectivity index (χ0n) is 15.5. The molecule has 2 N–H and O–H groups in total. The van der Waals surface area contributed by atoms with Gasteiger partial charge in [0, 0.05) is 55.8 Å². The van der Waals surface area contributed by atoms with Crippen LogP contribution in [0.5, 0.6) is 0 Å². The van der Waals surface area contributed by atoms with Gasteiger partial charge in [-0.2, -0.15) is 5.10 Å². The molecule has 4 rings (SSSR count). The molecule has 0 atom stereocenters. The summed E-state index contributed by atoms with van der Waals surface area (Å²) < 4.78 is 1.96. The molecule has 138 valence electrons. The Morgan fingerprint density at radius 3 is 2.78 bits per heavy atom. The van der Waals surface area contributed by atoms with Gasteiger partial charge in [-0.3, -0.25) is 4.99 Å². The highest BCUT2D eigenvalue weighted by Gasteiger charge is 2.14. The first kappa shape index (κ1) is 17.3. The van der Waals surface area contributed by atoms with Gasteiger partial charge < -0.3 is 10.6 Å². The molecule has 1 aliphatic heterocycles. The van der Waals surface area contributed by atoms with Crippen molar-refractivity contribution < 1.29 is 0 Å². The van der Waals surface area contributed by atoms with E-state index in [0.29, 0.717) is 0 Å². The summed E-state index contributed by atoms with van der Waals surface area (Å²) in [7, 11) is 1.74. The number of nitrogens with two attached hydrogens (primary N) is 1. The smallest absolute Gasteiger partial charge is 0.130 e. The van der Waals surface area contributed by atoms with Gasteiger partial charge in [0.2, 0.25) is 0 Å². The minimum atomic E-state index is 0.885. The lowest BCUT2D eigenvalue weighted by Crippen LogP contribution is -2.30. The second kappa shape index (κ2) is 7.61. The molecule has 1 aromatic carbocycles. The topological polar surface area (TPSA) is 72.3 Å². The monoisotopic (exact) mass is 360 g/mol. The number of aliphatic imine (C=N–C) groups is 1. The van der Waals surface area contributed by atoms with Crippen molar-refractivity contribution >= 4 is 28.5 Å². The first-order chi connectivity index (χ1) is 13.3. The number of piperidine rings is 1. The predicted molar refractivity (Wildman–Crippen MR) is 112 cm³/mol. The van der Waals surface area contributed by atoms with Crippen LogP contribution in [0.3, 0.4) is 0 Å². The van der Waals surface area contributed by atoms with Crippen LogP contribution >= 0.6 is 0 Å². The first-order valence-electron chi connectivity index (χ1n) is 9.34. The van der Waals surface area contributed by atoms with Crippen molar-refractivity contribution in [2.75, 3.05) is 25.0 Å². The molecule has 1 saturated heterocycles. The number of hydrogen-bond donors (Lipinski definition) is 1. The fourth-order valence-corrected chi connectivity index (χ4v) is 3.59. The third kappa shape index (κ3) is 3.43. The molecular weight excluding hydrogens is 336 g/mol. The van der Waals surface area contributed by atoms with E-state index in [4.69, 9.17) is 5.73 Å². The van der Waals surface area contributed by atoms with E-state index < -0.39 is 0 Å². The van der Waals surface area contributed by atoms with Gasteiger partial charge in [-0.15, -0.1) is 0 Å². The molecule has 6 heteroatoms. The standard InChI is InChI=1S/C21H24N6/c1-23-14-18(13-22)16-5-6-17-15-25-27(20(17)11-16)19-7-8-24-21(12-19)26-9-3-2-4-10-26/h5-8,11-15H,2-4,9-10,22H2,1H3/b18-13+,23-14?. The van der Waals surface area contributed by atoms with Gasteiger partial charge in [0.1, 0.15) is 5.82 Å². The molecule has 3 aromatic rings. The zero-order chi connectivity index (χ0) is 18.6. The quantitative estimate of drug-likeness (QED) is 0.724. The van der Waals surface area contributed by atoms with Crippen LogP contribution in [0, 0.1) is 0 Å². The molecular formula is C21H24N6. The Bertz CT molecular complexity index is 995. The molecule has 1 aliphatic rings. The Morgan fingerprint density at radius 1 is 1.15 bits per heavy atom. The molecule has 27 heavy (non-hydrogen) atoms. The third-order valence-corrected chi connectivity index (χ3v) is 5.01. The third-order valence-electron chi connectivity index (χ3n) is 5.01. The van der Waals surface area contributed by atoms with E-state index >= 15 is 0 Å². The molecule has 3 heterocycles. The first-order valence-corrected chi connectivity index (χ1v) is 9.34. The number of allylic oxidation sites excluding steroid dienone is 1. The van der Waals surface area contributed by atoms with E-state index in [2.05, 4.69) is 38.2 Å². The maximum absolute atomic E-state index is 5.77. The summed E-state index contributed by atoms with van der Waals surface area (Å²) >= 11 is 0. The van der Waals surface area contributed by atoms with Gasteiger partial charge >= 0.3 is 0 Å². The minimum Gasteiger partial charge on any atom is -0.404 e. The zero-order valence-corrected chi connectivity index (χ0v) is 15.5. The average Bonchev–Trinajstić information content (AvgIpc) is 3.16. The summed E-state index contributed by atoms with van der Waals surface area (Å²) in [6.45, 7) is 2.14. The fraction of sp³-hybridized carbons (Fsp3) is 0.286. The molecule has 0 spiro atoms. The molecule has 0 saturated carbocycles. The van der Waals surface area contributed by atoms with Crippen molar-refractivity contribution in [2.24, 2.45) is 10.7 Å². The molecule has 0 unspecified atom stereocenters. The molecule has 0 bridgehead atoms. The summed E-state index contributed by atoms with van der Waals surface area (Å²) in [6.07, 6.45) is 10.9. The summed E-state index contributed by atoms with van der Waals surface area (Å²) in [5.74, 6) is 1.02. The minimum absolute atomic E-state index is 0.885. The number of rotatable bonds is 4. The van der Waals surface area contributed by atoms with Crippen molar-refractivity contribution in [1.29, 1.82) is 0 Å². The van der Waals surface area contributed by atoms with Crippen molar-refractivity contribution in [3.05, 3.63) is 54.5 Å². The van der Waals surface area contributed by atoms with Crippen LogP contribution in [0.4, 0.5) is 5.82 Å². The Morgan fingerprint density at radius 2 is 2.00 bits per heavy atom. The normalized spacial score (nSPS) is 15.7. The molecule has 0 aliphatic carbocycles. The fourth-order valence-electron chi connectivity index (χ4n) is 3.59. The molecule has 6 nitrogen and oxygen atoms in total. The van der Waals surface area contributed by atoms with Crippen LogP contribution in [0.2, 0.25) is 0 Å². The van der Waals surface area contributed by atoms with Gasteiger partial charge in [0.05, 0.1) is 17.4 Å². The van der Waals surface area contributed by atoms with E-state index in [0.717, 1.165) is 46.6 Å². The van der Waals surface area contributed by atoms with E-state index in [1.54, 1.807) is 19.5 Å². The van der Waals surface area contributed by atoms with Gasteiger partial charge in [-0.25, -0.2) is 9.67 Å². The number of benzene rings is 1. The highest BCUT2D eigenvalue weighted by atomic mass is 15.3. The largest absolute Gasteiger partial charge is 0.404 e. The van der Waals surface area contributed by atoms with Crippen LogP contribution in [0.25, 0.3) is 22.2 Å². The van der Waals surface area contributed by atoms with Gasteiger partial charge in [0.25, 0.3) is 0 Å². The SMILES string of the molecule is CN=C/C(=C\N)c1ccc2cnn(-c3ccnc(N4CCCCC4)c3)c2c1. The Kier molecular flexibility index (Phi) is 4.87. The number of aromatic nitrogens is 3. The van der Waals surface area contributed by atoms with Gasteiger partial charge in [-0.1, -0.05) is 12.1 Å². The van der Waals surface area contributed by atoms with Gasteiger partial charge in [-0.05, 0) is 37.0 Å². The number of pyridine rings is 1. The summed E-state index contributed by atoms with van der Waals surface area (Å²) in [5, 5.41) is 5.69. The number of hydrogen-bond acceptors (Lipinski definition) is 5. The summed E-state index contributed by atoms with van der Waals surface area (Å²) in [4.78, 5) is 11.0. The highest BCUT2D eigenvalue weighted by Crippen LogP contribution is 2.25. The van der Waals surface area contributed by atoms with Crippen molar-refractivity contribution in [2.45, 2.75) is 19.3 Å². The highest BCUT2D eigenvalue weighted by molar-refractivity contribution is 6.10. The lowest BCUT2D eigenvalue weighted by Gasteiger charge is -2.27. The lowest BCUT2D eigenvalue weighted by molar-refractivity contribution is 0.573. The molecule has 1 fully saturated rings. The van der Waals surface area contributed by atoms with E-state index in [1.807, 2.05) is 29.2 Å². The Balaban J connectivity index is 1.75. The molecule has 2 aromatic heterocycles. The van der Waals surface area contributed by atoms with Crippen molar-refractivity contribution in [1.82, 2.24) is 14.8 Å². The molecule has 0 radical (unpaired) electrons. The maximum atomic E-state index is 5.77. The van der Waals surface area contributed by atoms with E-state index in [9.17, 15) is 0 Å². The number of nitrogens with zero attached hydrogens (tertiary/aromatic N) is 5. The second-order valence-electron chi connectivity index (χ2n) is 6.76. The van der Waals surface area contributed by atoms with Crippen molar-refractivity contribution in [3.63, 3.8) is 0 Å². The van der Waals surface area contributed by atoms with E-state index in [1.165, 1.54) is 19.3 Å². The Labute approximate surface area is 159 Å². The van der Waals surface area contributed by atoms with Crippen LogP contribution in [0.1, 0.15) is 24.8 Å². The van der Waals surface area contributed by atoms with Gasteiger partial charge in [0.15, 0.2) is 0 Å². The maximum Gasteiger partial charge on any atom is 0.130 e. The second-order valence-corrected chi connectivity index (χ2v) is 6.76. The lowest BCUT2D eigenvalue weighted by atomic mass is 10.1. The molecule has 0 amide bonds. The van der Waals surface area contributed by atoms with E-state index in [-0.39, 0.29) is 0 Å². The number of anilines is 1. The summed E-state index contributed by atoms with van der Waals surface area (Å²) in [5.41, 5.74) is 9.72. The van der Waals surface area contributed by atoms with Crippen LogP contribution < -0.4 is 10.6 Å².